The first kappa shape index (κ1) is 10.2. The Bertz CT molecular complexity index is 762. The predicted molar refractivity (Wildman–Crippen MR) is 68.0 cm³/mol. The molecule has 2 unspecified atom stereocenters. The van der Waals surface area contributed by atoms with E-state index in [9.17, 15) is 4.79 Å². The zero-order chi connectivity index (χ0) is 12.3. The van der Waals surface area contributed by atoms with Crippen LogP contribution in [0, 0.1) is 4.64 Å². The average molecular weight is 278 g/mol. The molecule has 7 nitrogen and oxygen atoms in total. The molecule has 2 N–H and O–H groups in total. The van der Waals surface area contributed by atoms with Crippen LogP contribution in [0.3, 0.4) is 0 Å². The summed E-state index contributed by atoms with van der Waals surface area (Å²) in [4.78, 5) is 20.5. The van der Waals surface area contributed by atoms with Crippen molar-refractivity contribution in [3.8, 4) is 0 Å². The van der Waals surface area contributed by atoms with Gasteiger partial charge in [0.05, 0.1) is 17.9 Å². The molecule has 0 saturated heterocycles. The van der Waals surface area contributed by atoms with Crippen molar-refractivity contribution in [2.75, 3.05) is 0 Å². The van der Waals surface area contributed by atoms with Crippen molar-refractivity contribution in [1.29, 1.82) is 0 Å². The lowest BCUT2D eigenvalue weighted by Gasteiger charge is -2.19. The fourth-order valence-corrected chi connectivity index (χ4v) is 3.68. The summed E-state index contributed by atoms with van der Waals surface area (Å²) in [5.74, 6) is -0.0679. The molecule has 2 aromatic heterocycles. The largest absolute Gasteiger partial charge is 0.316 e. The third-order valence-electron chi connectivity index (χ3n) is 2.94. The molecule has 0 bridgehead atoms. The van der Waals surface area contributed by atoms with Crippen LogP contribution in [-0.2, 0) is 4.79 Å². The molecular weight excluding hydrogens is 272 g/mol. The molecule has 2 atom stereocenters. The van der Waals surface area contributed by atoms with Crippen LogP contribution in [-0.4, -0.2) is 37.2 Å². The van der Waals surface area contributed by atoms with Gasteiger partial charge in [0.25, 0.3) is 0 Å². The quantitative estimate of drug-likeness (QED) is 0.545. The number of thioether (sulfide) groups is 1. The number of fused-ring (bicyclic) bond motifs is 4. The van der Waals surface area contributed by atoms with Gasteiger partial charge in [0.2, 0.25) is 5.91 Å². The molecule has 0 aromatic carbocycles. The minimum atomic E-state index is -0.307. The van der Waals surface area contributed by atoms with Crippen LogP contribution in [0.4, 0.5) is 0 Å². The maximum absolute atomic E-state index is 11.8. The number of amides is 1. The van der Waals surface area contributed by atoms with Gasteiger partial charge in [-0.3, -0.25) is 14.5 Å². The number of carbonyl (C=O) groups excluding carboxylic acids is 1. The second kappa shape index (κ2) is 3.39. The van der Waals surface area contributed by atoms with Gasteiger partial charge in [-0.05, 0) is 0 Å². The normalized spacial score (nSPS) is 25.0. The number of aromatic nitrogens is 4. The number of hydrogen-bond acceptors (Lipinski definition) is 6. The fourth-order valence-electron chi connectivity index (χ4n) is 2.11. The van der Waals surface area contributed by atoms with Crippen molar-refractivity contribution in [2.24, 2.45) is 4.99 Å². The van der Waals surface area contributed by atoms with E-state index >= 15 is 0 Å². The van der Waals surface area contributed by atoms with Gasteiger partial charge in [0.15, 0.2) is 17.0 Å². The Balaban J connectivity index is 2.03. The Morgan fingerprint density at radius 1 is 1.50 bits per heavy atom. The minimum absolute atomic E-state index is 0.0679. The summed E-state index contributed by atoms with van der Waals surface area (Å²) in [7, 11) is 0. The summed E-state index contributed by atoms with van der Waals surface area (Å²) in [6.45, 7) is 0. The molecular formula is C9H6N6OS2. The number of nitrogens with zero attached hydrogens (tertiary/aromatic N) is 4. The molecule has 2 aliphatic heterocycles. The van der Waals surface area contributed by atoms with Crippen molar-refractivity contribution in [1.82, 2.24) is 25.1 Å². The molecule has 2 aromatic rings. The summed E-state index contributed by atoms with van der Waals surface area (Å²) in [5, 5.41) is 10.5. The molecule has 90 valence electrons. The molecule has 4 rings (SSSR count). The van der Waals surface area contributed by atoms with Crippen LogP contribution in [0.15, 0.2) is 16.3 Å². The van der Waals surface area contributed by atoms with Crippen LogP contribution in [0.5, 0.6) is 0 Å². The molecule has 0 fully saturated rings. The Morgan fingerprint density at radius 3 is 3.28 bits per heavy atom. The predicted octanol–water partition coefficient (Wildman–Crippen LogP) is 0.620. The number of nitrogens with one attached hydrogen (secondary N) is 2. The second-order valence-corrected chi connectivity index (χ2v) is 5.44. The second-order valence-electron chi connectivity index (χ2n) is 3.94. The summed E-state index contributed by atoms with van der Waals surface area (Å²) in [6, 6.07) is 0. The van der Waals surface area contributed by atoms with E-state index in [1.54, 1.807) is 6.20 Å². The topological polar surface area (TPSA) is 88.0 Å². The van der Waals surface area contributed by atoms with Gasteiger partial charge in [-0.1, -0.05) is 24.0 Å². The van der Waals surface area contributed by atoms with Crippen LogP contribution < -0.4 is 5.32 Å². The molecule has 2 aliphatic rings. The number of aliphatic imine (C=N–C) groups is 1. The molecule has 18 heavy (non-hydrogen) atoms. The number of hydrogen-bond donors (Lipinski definition) is 2. The zero-order valence-electron chi connectivity index (χ0n) is 8.82. The maximum Gasteiger partial charge on any atom is 0.242 e. The average Bonchev–Trinajstić information content (AvgIpc) is 2.94. The van der Waals surface area contributed by atoms with Gasteiger partial charge in [-0.2, -0.15) is 5.10 Å². The molecule has 0 radical (unpaired) electrons. The van der Waals surface area contributed by atoms with E-state index in [2.05, 4.69) is 25.5 Å². The molecule has 4 heterocycles. The molecule has 0 saturated carbocycles. The zero-order valence-corrected chi connectivity index (χ0v) is 10.5. The van der Waals surface area contributed by atoms with E-state index in [1.165, 1.54) is 18.1 Å². The van der Waals surface area contributed by atoms with Gasteiger partial charge in [-0.25, -0.2) is 9.98 Å². The highest BCUT2D eigenvalue weighted by Gasteiger charge is 2.41. The highest BCUT2D eigenvalue weighted by atomic mass is 32.2. The van der Waals surface area contributed by atoms with Gasteiger partial charge in [0.1, 0.15) is 9.89 Å². The Kier molecular flexibility index (Phi) is 1.92. The Hall–Kier alpha value is -1.74. The van der Waals surface area contributed by atoms with E-state index in [-0.39, 0.29) is 17.3 Å². The summed E-state index contributed by atoms with van der Waals surface area (Å²) >= 11 is 6.80. The summed E-state index contributed by atoms with van der Waals surface area (Å²) in [6.07, 6.45) is 2.75. The van der Waals surface area contributed by atoms with E-state index in [0.717, 1.165) is 5.39 Å². The first-order valence-corrected chi connectivity index (χ1v) is 6.49. The van der Waals surface area contributed by atoms with Crippen LogP contribution in [0.2, 0.25) is 0 Å². The molecule has 9 heteroatoms. The first-order valence-electron chi connectivity index (χ1n) is 5.20. The lowest BCUT2D eigenvalue weighted by Crippen LogP contribution is -2.38. The van der Waals surface area contributed by atoms with Crippen molar-refractivity contribution in [2.45, 2.75) is 16.6 Å². The van der Waals surface area contributed by atoms with Gasteiger partial charge in [0, 0.05) is 0 Å². The van der Waals surface area contributed by atoms with Crippen molar-refractivity contribution >= 4 is 47.3 Å². The van der Waals surface area contributed by atoms with Crippen molar-refractivity contribution in [3.63, 3.8) is 0 Å². The number of rotatable bonds is 0. The SMILES string of the molecule is O=C1NC=NC2C1Sc1nc3[nH]ncc3c(=S)n12. The van der Waals surface area contributed by atoms with Gasteiger partial charge >= 0.3 is 0 Å². The van der Waals surface area contributed by atoms with E-state index in [1.807, 2.05) is 4.57 Å². The maximum atomic E-state index is 11.8. The van der Waals surface area contributed by atoms with Crippen LogP contribution >= 0.6 is 24.0 Å². The van der Waals surface area contributed by atoms with Gasteiger partial charge in [-0.15, -0.1) is 0 Å². The lowest BCUT2D eigenvalue weighted by atomic mass is 10.3. The fraction of sp³-hybridized carbons (Fsp3) is 0.222. The minimum Gasteiger partial charge on any atom is -0.316 e. The van der Waals surface area contributed by atoms with Gasteiger partial charge < -0.3 is 5.32 Å². The third kappa shape index (κ3) is 1.17. The van der Waals surface area contributed by atoms with Crippen molar-refractivity contribution in [3.05, 3.63) is 10.8 Å². The monoisotopic (exact) mass is 278 g/mol. The number of H-pyrrole nitrogens is 1. The smallest absolute Gasteiger partial charge is 0.242 e. The molecule has 0 aliphatic carbocycles. The van der Waals surface area contributed by atoms with E-state index in [0.29, 0.717) is 15.4 Å². The Labute approximate surface area is 110 Å². The van der Waals surface area contributed by atoms with E-state index in [4.69, 9.17) is 12.2 Å². The third-order valence-corrected chi connectivity index (χ3v) is 4.57. The van der Waals surface area contributed by atoms with Crippen molar-refractivity contribution < 1.29 is 4.79 Å². The highest BCUT2D eigenvalue weighted by Crippen LogP contribution is 2.41. The summed E-state index contributed by atoms with van der Waals surface area (Å²) < 4.78 is 2.42. The Morgan fingerprint density at radius 2 is 2.39 bits per heavy atom. The number of aromatic amines is 1. The van der Waals surface area contributed by atoms with E-state index < -0.39 is 0 Å². The molecule has 1 amide bonds. The lowest BCUT2D eigenvalue weighted by molar-refractivity contribution is -0.120. The summed E-state index contributed by atoms with van der Waals surface area (Å²) in [5.41, 5.74) is 0.641. The molecule has 0 spiro atoms. The van der Waals surface area contributed by atoms with Crippen LogP contribution in [0.1, 0.15) is 6.17 Å². The van der Waals surface area contributed by atoms with Crippen LogP contribution in [0.25, 0.3) is 11.0 Å². The highest BCUT2D eigenvalue weighted by molar-refractivity contribution is 8.00. The number of carbonyl (C=O) groups is 1. The standard InChI is InChI=1S/C9H6N6OS2/c16-7-4-6(10-2-11-7)15-8(17)3-1-12-14-5(3)13-9(15)18-4/h1-2,4,6H,(H,12,14)(H,10,11,16). The first-order chi connectivity index (χ1) is 8.75.